The molecule has 7 nitrogen and oxygen atoms in total. The summed E-state index contributed by atoms with van der Waals surface area (Å²) in [5.74, 6) is 0.966. The Balaban J connectivity index is 1.41. The van der Waals surface area contributed by atoms with Gasteiger partial charge in [-0.1, -0.05) is 34.8 Å². The minimum atomic E-state index is -0.0284. The number of amides is 1. The molecule has 0 aliphatic carbocycles. The molecule has 172 valence electrons. The number of aromatic nitrogens is 3. The van der Waals surface area contributed by atoms with E-state index >= 15 is 0 Å². The molecule has 1 fully saturated rings. The number of piperidine rings is 1. The second-order valence-electron chi connectivity index (χ2n) is 8.39. The van der Waals surface area contributed by atoms with Crippen molar-refractivity contribution >= 4 is 23.0 Å². The molecule has 2 aliphatic heterocycles. The summed E-state index contributed by atoms with van der Waals surface area (Å²) in [4.78, 5) is 25.9. The number of rotatable bonds is 5. The molecular formula is C24H26FN5O2S. The zero-order chi connectivity index (χ0) is 22.9. The maximum absolute atomic E-state index is 13.9. The first-order chi connectivity index (χ1) is 16.0. The Hall–Kier alpha value is -3.20. The van der Waals surface area contributed by atoms with Crippen molar-refractivity contribution in [2.24, 2.45) is 0 Å². The third-order valence-electron chi connectivity index (χ3n) is 6.12. The lowest BCUT2D eigenvalue weighted by molar-refractivity contribution is 0.0435. The molecule has 0 unspecified atom stereocenters. The van der Waals surface area contributed by atoms with Gasteiger partial charge in [-0.25, -0.2) is 9.97 Å². The van der Waals surface area contributed by atoms with Crippen LogP contribution >= 0.6 is 11.3 Å². The molecule has 1 atom stereocenters. The van der Waals surface area contributed by atoms with Crippen molar-refractivity contribution < 1.29 is 14.0 Å². The summed E-state index contributed by atoms with van der Waals surface area (Å²) in [5.41, 5.74) is 2.36. The molecular weight excluding hydrogens is 441 g/mol. The molecule has 2 aromatic heterocycles. The van der Waals surface area contributed by atoms with Gasteiger partial charge < -0.3 is 14.2 Å². The molecule has 0 radical (unpaired) electrons. The second kappa shape index (κ2) is 8.97. The Morgan fingerprint density at radius 3 is 2.85 bits per heavy atom. The van der Waals surface area contributed by atoms with Crippen LogP contribution in [0.4, 0.5) is 4.48 Å². The van der Waals surface area contributed by atoms with Gasteiger partial charge in [-0.15, -0.1) is 11.3 Å². The fourth-order valence-corrected chi connectivity index (χ4v) is 5.52. The van der Waals surface area contributed by atoms with Crippen LogP contribution in [0.5, 0.6) is 0 Å². The summed E-state index contributed by atoms with van der Waals surface area (Å²) in [5, 5.41) is 1.45. The topological polar surface area (TPSA) is 63.5 Å². The third-order valence-corrected chi connectivity index (χ3v) is 7.14. The molecule has 3 aromatic rings. The fourth-order valence-electron chi connectivity index (χ4n) is 4.60. The molecule has 1 aromatic carbocycles. The van der Waals surface area contributed by atoms with Crippen LogP contribution < -0.4 is 0 Å². The molecule has 9 heteroatoms. The third kappa shape index (κ3) is 4.25. The average molecular weight is 468 g/mol. The maximum atomic E-state index is 13.9. The van der Waals surface area contributed by atoms with Gasteiger partial charge in [-0.3, -0.25) is 4.79 Å². The number of ether oxygens (including phenoxy) is 1. The van der Waals surface area contributed by atoms with Gasteiger partial charge in [-0.2, -0.15) is 5.12 Å². The van der Waals surface area contributed by atoms with Crippen LogP contribution in [0, 0.1) is 6.92 Å². The zero-order valence-electron chi connectivity index (χ0n) is 18.7. The number of carbonyl (C=O) groups is 1. The minimum Gasteiger partial charge on any atom is -0.491 e. The number of methoxy groups -OCH3 is 1. The molecule has 0 bridgehead atoms. The van der Waals surface area contributed by atoms with E-state index in [0.717, 1.165) is 40.4 Å². The lowest BCUT2D eigenvalue weighted by atomic mass is 9.97. The van der Waals surface area contributed by atoms with Crippen LogP contribution in [-0.4, -0.2) is 50.2 Å². The average Bonchev–Trinajstić information content (AvgIpc) is 3.42. The molecule has 0 saturated carbocycles. The van der Waals surface area contributed by atoms with Crippen molar-refractivity contribution in [3.63, 3.8) is 0 Å². The summed E-state index contributed by atoms with van der Waals surface area (Å²) in [6.45, 7) is 2.71. The number of halogens is 1. The number of carbonyl (C=O) groups excluding carboxylic acids is 1. The standard InChI is InChI=1S/C24H26FN5O2S/c1-16-26-21(22(33-16)17-8-4-3-5-9-17)24(31)30-11-7-6-10-19(30)12-18-13-28-15-29(25)14-20(32-2)23(28)27-18/h3-5,8-9,13-14,19H,6-7,10-12,15H2,1-2H3/t19-/m0/s1. The second-order valence-corrected chi connectivity index (χ2v) is 9.60. The number of hydrogen-bond acceptors (Lipinski definition) is 6. The molecule has 5 rings (SSSR count). The Kier molecular flexibility index (Phi) is 5.88. The normalized spacial score (nSPS) is 18.2. The van der Waals surface area contributed by atoms with Gasteiger partial charge in [-0.05, 0) is 31.7 Å². The number of nitrogens with zero attached hydrogens (tertiary/aromatic N) is 5. The highest BCUT2D eigenvalue weighted by atomic mass is 32.1. The van der Waals surface area contributed by atoms with E-state index in [4.69, 9.17) is 9.72 Å². The van der Waals surface area contributed by atoms with E-state index in [1.165, 1.54) is 13.3 Å². The van der Waals surface area contributed by atoms with Crippen molar-refractivity contribution in [3.8, 4) is 10.4 Å². The predicted molar refractivity (Wildman–Crippen MR) is 125 cm³/mol. The van der Waals surface area contributed by atoms with E-state index in [1.54, 1.807) is 15.9 Å². The lowest BCUT2D eigenvalue weighted by Crippen LogP contribution is -2.45. The number of aryl methyl sites for hydroxylation is 1. The number of imidazole rings is 1. The van der Waals surface area contributed by atoms with E-state index in [-0.39, 0.29) is 18.6 Å². The quantitative estimate of drug-likeness (QED) is 0.511. The van der Waals surface area contributed by atoms with Crippen molar-refractivity contribution in [2.45, 2.75) is 45.3 Å². The van der Waals surface area contributed by atoms with Crippen molar-refractivity contribution in [1.29, 1.82) is 0 Å². The van der Waals surface area contributed by atoms with E-state index < -0.39 is 0 Å². The first kappa shape index (κ1) is 21.6. The summed E-state index contributed by atoms with van der Waals surface area (Å²) >= 11 is 1.55. The van der Waals surface area contributed by atoms with Crippen LogP contribution in [0.25, 0.3) is 16.2 Å². The van der Waals surface area contributed by atoms with Gasteiger partial charge in [0.2, 0.25) is 0 Å². The monoisotopic (exact) mass is 467 g/mol. The number of hydrogen-bond donors (Lipinski definition) is 0. The minimum absolute atomic E-state index is 0.0188. The van der Waals surface area contributed by atoms with Crippen LogP contribution in [0.1, 0.15) is 46.3 Å². The molecule has 33 heavy (non-hydrogen) atoms. The molecule has 0 spiro atoms. The van der Waals surface area contributed by atoms with Gasteiger partial charge in [0.05, 0.1) is 28.9 Å². The summed E-state index contributed by atoms with van der Waals surface area (Å²) < 4.78 is 20.9. The Morgan fingerprint density at radius 2 is 2.06 bits per heavy atom. The first-order valence-corrected chi connectivity index (χ1v) is 11.9. The Labute approximate surface area is 196 Å². The largest absolute Gasteiger partial charge is 0.491 e. The van der Waals surface area contributed by atoms with E-state index in [2.05, 4.69) is 4.98 Å². The van der Waals surface area contributed by atoms with Crippen LogP contribution in [0.15, 0.2) is 42.7 Å². The van der Waals surface area contributed by atoms with E-state index in [0.29, 0.717) is 35.4 Å². The maximum Gasteiger partial charge on any atom is 0.274 e. The van der Waals surface area contributed by atoms with Crippen LogP contribution in [0.2, 0.25) is 0 Å². The van der Waals surface area contributed by atoms with Crippen molar-refractivity contribution in [2.75, 3.05) is 13.7 Å². The Morgan fingerprint density at radius 1 is 1.24 bits per heavy atom. The summed E-state index contributed by atoms with van der Waals surface area (Å²) in [6, 6.07) is 9.97. The number of likely N-dealkylation sites (tertiary alicyclic amines) is 1. The van der Waals surface area contributed by atoms with Crippen molar-refractivity contribution in [3.05, 3.63) is 64.9 Å². The number of fused-ring (bicyclic) bond motifs is 1. The first-order valence-electron chi connectivity index (χ1n) is 11.1. The highest BCUT2D eigenvalue weighted by Crippen LogP contribution is 2.33. The Bertz CT molecular complexity index is 1190. The van der Waals surface area contributed by atoms with Gasteiger partial charge >= 0.3 is 0 Å². The number of benzene rings is 1. The van der Waals surface area contributed by atoms with Gasteiger partial charge in [0, 0.05) is 25.2 Å². The molecule has 4 heterocycles. The number of thiazole rings is 1. The van der Waals surface area contributed by atoms with Gasteiger partial charge in [0.15, 0.2) is 11.6 Å². The highest BCUT2D eigenvalue weighted by molar-refractivity contribution is 7.15. The van der Waals surface area contributed by atoms with Crippen LogP contribution in [-0.2, 0) is 17.8 Å². The molecule has 1 amide bonds. The smallest absolute Gasteiger partial charge is 0.274 e. The van der Waals surface area contributed by atoms with Crippen molar-refractivity contribution in [1.82, 2.24) is 24.6 Å². The van der Waals surface area contributed by atoms with E-state index in [9.17, 15) is 9.28 Å². The van der Waals surface area contributed by atoms with E-state index in [1.807, 2.05) is 48.4 Å². The molecule has 0 N–H and O–H groups in total. The fraction of sp³-hybridized carbons (Fsp3) is 0.375. The zero-order valence-corrected chi connectivity index (χ0v) is 19.5. The lowest BCUT2D eigenvalue weighted by Gasteiger charge is -2.35. The molecule has 2 aliphatic rings. The SMILES string of the molecule is COC1=CN(F)Cn2cc(C[C@@H]3CCCCN3C(=O)c3nc(C)sc3-c3ccccc3)nc21. The predicted octanol–water partition coefficient (Wildman–Crippen LogP) is 4.65. The van der Waals surface area contributed by atoms with Crippen LogP contribution in [0.3, 0.4) is 0 Å². The summed E-state index contributed by atoms with van der Waals surface area (Å²) in [6.07, 6.45) is 6.70. The molecule has 1 saturated heterocycles. The summed E-state index contributed by atoms with van der Waals surface area (Å²) in [7, 11) is 1.51. The van der Waals surface area contributed by atoms with Gasteiger partial charge in [0.1, 0.15) is 12.4 Å². The van der Waals surface area contributed by atoms with Gasteiger partial charge in [0.25, 0.3) is 5.91 Å². The highest BCUT2D eigenvalue weighted by Gasteiger charge is 2.32.